The number of thiazole rings is 1. The number of carbonyl (C=O) groups excluding carboxylic acids is 1. The molecule has 1 aromatic heterocycles. The lowest BCUT2D eigenvalue weighted by molar-refractivity contribution is -0.117. The molecule has 5 nitrogen and oxygen atoms in total. The maximum Gasteiger partial charge on any atom is 0.248 e. The molecular formula is C15H20N2O3S2. The molecule has 2 rings (SSSR count). The van der Waals surface area contributed by atoms with E-state index in [1.54, 1.807) is 26.0 Å². The second kappa shape index (κ2) is 7.69. The van der Waals surface area contributed by atoms with Gasteiger partial charge in [0, 0.05) is 30.9 Å². The minimum Gasteiger partial charge on any atom is -0.493 e. The van der Waals surface area contributed by atoms with Gasteiger partial charge in [-0.25, -0.2) is 0 Å². The van der Waals surface area contributed by atoms with Gasteiger partial charge in [-0.15, -0.1) is 0 Å². The van der Waals surface area contributed by atoms with E-state index in [4.69, 9.17) is 9.47 Å². The minimum atomic E-state index is -0.108. The molecule has 0 aliphatic carbocycles. The highest BCUT2D eigenvalue weighted by Gasteiger charge is 2.12. The first-order valence-electron chi connectivity index (χ1n) is 6.96. The van der Waals surface area contributed by atoms with Gasteiger partial charge in [-0.05, 0) is 6.26 Å². The zero-order valence-corrected chi connectivity index (χ0v) is 14.8. The number of carbonyl (C=O) groups is 1. The maximum atomic E-state index is 11.7. The molecule has 0 aliphatic heterocycles. The molecule has 0 unspecified atom stereocenters. The summed E-state index contributed by atoms with van der Waals surface area (Å²) in [6.45, 7) is 2.62. The van der Waals surface area contributed by atoms with E-state index in [1.165, 1.54) is 11.3 Å². The molecule has 0 radical (unpaired) electrons. The summed E-state index contributed by atoms with van der Waals surface area (Å²) in [4.78, 5) is 16.7. The molecule has 0 fully saturated rings. The van der Waals surface area contributed by atoms with Crippen LogP contribution in [0.1, 0.15) is 13.3 Å². The standard InChI is InChI=1S/C15H20N2O3S2/c1-5-14(18)16-15-17(6-7-21-4)10-8-11(19-2)12(20-3)9-13(10)22-15/h8-9H,5-7H2,1-4H3. The zero-order chi connectivity index (χ0) is 16.1. The van der Waals surface area contributed by atoms with E-state index in [0.29, 0.717) is 17.9 Å². The third-order valence-corrected chi connectivity index (χ3v) is 4.86. The average Bonchev–Trinajstić information content (AvgIpc) is 2.87. The summed E-state index contributed by atoms with van der Waals surface area (Å²) in [6, 6.07) is 3.88. The van der Waals surface area contributed by atoms with Crippen LogP contribution in [0.15, 0.2) is 17.1 Å². The van der Waals surface area contributed by atoms with Gasteiger partial charge in [0.05, 0.1) is 24.4 Å². The van der Waals surface area contributed by atoms with Crippen molar-refractivity contribution in [2.75, 3.05) is 26.2 Å². The number of aromatic nitrogens is 1. The molecule has 7 heteroatoms. The van der Waals surface area contributed by atoms with Gasteiger partial charge in [-0.1, -0.05) is 18.3 Å². The number of benzene rings is 1. The average molecular weight is 340 g/mol. The summed E-state index contributed by atoms with van der Waals surface area (Å²) in [7, 11) is 3.24. The first-order chi connectivity index (χ1) is 10.6. The molecule has 0 aliphatic rings. The van der Waals surface area contributed by atoms with Crippen molar-refractivity contribution in [1.29, 1.82) is 0 Å². The third kappa shape index (κ3) is 3.47. The Balaban J connectivity index is 2.68. The van der Waals surface area contributed by atoms with Gasteiger partial charge >= 0.3 is 0 Å². The maximum absolute atomic E-state index is 11.7. The summed E-state index contributed by atoms with van der Waals surface area (Å²) in [5.41, 5.74) is 1.01. The normalized spacial score (nSPS) is 11.9. The van der Waals surface area contributed by atoms with E-state index in [9.17, 15) is 4.79 Å². The molecule has 1 amide bonds. The first-order valence-corrected chi connectivity index (χ1v) is 9.17. The zero-order valence-electron chi connectivity index (χ0n) is 13.2. The fourth-order valence-electron chi connectivity index (χ4n) is 2.07. The number of methoxy groups -OCH3 is 2. The largest absolute Gasteiger partial charge is 0.493 e. The molecule has 0 bridgehead atoms. The highest BCUT2D eigenvalue weighted by atomic mass is 32.2. The predicted molar refractivity (Wildman–Crippen MR) is 92.2 cm³/mol. The van der Waals surface area contributed by atoms with Gasteiger partial charge in [-0.3, -0.25) is 4.79 Å². The quantitative estimate of drug-likeness (QED) is 0.811. The van der Waals surface area contributed by atoms with Crippen LogP contribution in [0.5, 0.6) is 11.5 Å². The summed E-state index contributed by atoms with van der Waals surface area (Å²) < 4.78 is 13.8. The fraction of sp³-hybridized carbons (Fsp3) is 0.467. The van der Waals surface area contributed by atoms with Gasteiger partial charge < -0.3 is 14.0 Å². The van der Waals surface area contributed by atoms with Crippen molar-refractivity contribution < 1.29 is 14.3 Å². The lowest BCUT2D eigenvalue weighted by Gasteiger charge is -2.09. The Hall–Kier alpha value is -1.47. The topological polar surface area (TPSA) is 52.8 Å². The molecule has 1 heterocycles. The van der Waals surface area contributed by atoms with Crippen LogP contribution in [0.25, 0.3) is 10.2 Å². The number of fused-ring (bicyclic) bond motifs is 1. The van der Waals surface area contributed by atoms with Crippen LogP contribution >= 0.6 is 23.1 Å². The second-order valence-corrected chi connectivity index (χ2v) is 6.56. The number of rotatable bonds is 6. The van der Waals surface area contributed by atoms with Crippen LogP contribution in [-0.2, 0) is 11.3 Å². The van der Waals surface area contributed by atoms with Crippen LogP contribution < -0.4 is 14.3 Å². The van der Waals surface area contributed by atoms with E-state index in [-0.39, 0.29) is 5.91 Å². The second-order valence-electron chi connectivity index (χ2n) is 4.56. The van der Waals surface area contributed by atoms with E-state index in [1.807, 2.05) is 19.1 Å². The van der Waals surface area contributed by atoms with Crippen molar-refractivity contribution in [3.05, 3.63) is 16.9 Å². The smallest absolute Gasteiger partial charge is 0.248 e. The molecule has 120 valence electrons. The van der Waals surface area contributed by atoms with Crippen LogP contribution in [0.2, 0.25) is 0 Å². The Morgan fingerprint density at radius 3 is 2.59 bits per heavy atom. The number of nitrogens with zero attached hydrogens (tertiary/aromatic N) is 2. The van der Waals surface area contributed by atoms with Gasteiger partial charge in [0.1, 0.15) is 0 Å². The molecule has 0 saturated carbocycles. The Morgan fingerprint density at radius 1 is 1.32 bits per heavy atom. The molecular weight excluding hydrogens is 320 g/mol. The number of aryl methyl sites for hydroxylation is 1. The van der Waals surface area contributed by atoms with E-state index < -0.39 is 0 Å². The van der Waals surface area contributed by atoms with Crippen molar-refractivity contribution in [2.24, 2.45) is 4.99 Å². The highest BCUT2D eigenvalue weighted by molar-refractivity contribution is 7.98. The number of amides is 1. The lowest BCUT2D eigenvalue weighted by atomic mass is 10.3. The van der Waals surface area contributed by atoms with E-state index in [0.717, 1.165) is 27.3 Å². The Labute approximate surface area is 138 Å². The van der Waals surface area contributed by atoms with Gasteiger partial charge in [0.15, 0.2) is 16.3 Å². The Bertz CT molecular complexity index is 734. The highest BCUT2D eigenvalue weighted by Crippen LogP contribution is 2.33. The number of thioether (sulfide) groups is 1. The molecule has 0 atom stereocenters. The van der Waals surface area contributed by atoms with Crippen molar-refractivity contribution in [2.45, 2.75) is 19.9 Å². The summed E-state index contributed by atoms with van der Waals surface area (Å²) in [5.74, 6) is 2.21. The number of hydrogen-bond acceptors (Lipinski definition) is 5. The number of ether oxygens (including phenoxy) is 2. The molecule has 0 spiro atoms. The van der Waals surface area contributed by atoms with E-state index in [2.05, 4.69) is 15.8 Å². The van der Waals surface area contributed by atoms with Crippen molar-refractivity contribution >= 4 is 39.2 Å². The van der Waals surface area contributed by atoms with Gasteiger partial charge in [-0.2, -0.15) is 16.8 Å². The lowest BCUT2D eigenvalue weighted by Crippen LogP contribution is -2.18. The summed E-state index contributed by atoms with van der Waals surface area (Å²) in [6.07, 6.45) is 2.47. The fourth-order valence-corrected chi connectivity index (χ4v) is 3.52. The third-order valence-electron chi connectivity index (χ3n) is 3.23. The van der Waals surface area contributed by atoms with Gasteiger partial charge in [0.25, 0.3) is 0 Å². The van der Waals surface area contributed by atoms with Crippen molar-refractivity contribution in [3.63, 3.8) is 0 Å². The minimum absolute atomic E-state index is 0.108. The Kier molecular flexibility index (Phi) is 5.90. The summed E-state index contributed by atoms with van der Waals surface area (Å²) >= 11 is 3.26. The molecule has 22 heavy (non-hydrogen) atoms. The van der Waals surface area contributed by atoms with Crippen molar-refractivity contribution in [3.8, 4) is 11.5 Å². The molecule has 0 saturated heterocycles. The molecule has 0 N–H and O–H groups in total. The van der Waals surface area contributed by atoms with Crippen LogP contribution in [0.3, 0.4) is 0 Å². The first kappa shape index (κ1) is 16.9. The summed E-state index contributed by atoms with van der Waals surface area (Å²) in [5, 5.41) is 0. The van der Waals surface area contributed by atoms with Crippen LogP contribution in [-0.4, -0.2) is 36.7 Å². The Morgan fingerprint density at radius 2 is 2.00 bits per heavy atom. The monoisotopic (exact) mass is 340 g/mol. The van der Waals surface area contributed by atoms with Crippen LogP contribution in [0.4, 0.5) is 0 Å². The predicted octanol–water partition coefficient (Wildman–Crippen LogP) is 2.92. The molecule has 2 aromatic rings. The van der Waals surface area contributed by atoms with E-state index >= 15 is 0 Å². The van der Waals surface area contributed by atoms with Crippen LogP contribution in [0, 0.1) is 0 Å². The van der Waals surface area contributed by atoms with Gasteiger partial charge in [0.2, 0.25) is 5.91 Å². The molecule has 1 aromatic carbocycles. The van der Waals surface area contributed by atoms with Crippen molar-refractivity contribution in [1.82, 2.24) is 4.57 Å². The SMILES string of the molecule is CCC(=O)N=c1sc2cc(OC)c(OC)cc2n1CCSC. The number of hydrogen-bond donors (Lipinski definition) is 0.